The van der Waals surface area contributed by atoms with Gasteiger partial charge in [0.1, 0.15) is 4.90 Å². The molecule has 1 saturated heterocycles. The quantitative estimate of drug-likeness (QED) is 0.903. The number of halogens is 2. The average molecular weight is 295 g/mol. The smallest absolute Gasteiger partial charge is 0.244 e. The maximum absolute atomic E-state index is 12.3. The molecule has 1 fully saturated rings. The van der Waals surface area contributed by atoms with Crippen LogP contribution in [0, 0.1) is 0 Å². The van der Waals surface area contributed by atoms with Gasteiger partial charge in [-0.25, -0.2) is 8.42 Å². The zero-order valence-electron chi connectivity index (χ0n) is 8.94. The lowest BCUT2D eigenvalue weighted by atomic mass is 10.3. The Hall–Kier alpha value is -0.330. The van der Waals surface area contributed by atoms with Crippen molar-refractivity contribution in [1.82, 2.24) is 4.31 Å². The van der Waals surface area contributed by atoms with Crippen LogP contribution in [0.4, 0.5) is 0 Å². The Balaban J connectivity index is 2.42. The second kappa shape index (κ2) is 4.74. The second-order valence-corrected chi connectivity index (χ2v) is 6.66. The van der Waals surface area contributed by atoms with E-state index in [1.807, 2.05) is 0 Å². The molecule has 0 radical (unpaired) electrons. The van der Waals surface area contributed by atoms with E-state index in [2.05, 4.69) is 0 Å². The standard InChI is InChI=1S/C10H12Cl2N2O2S/c11-8-2-1-3-9(10(8)12)17(15,16)14-5-4-7(13)6-14/h1-3,7H,4-6,13H2/t7-/m1/s1. The number of nitrogens with zero attached hydrogens (tertiary/aromatic N) is 1. The van der Waals surface area contributed by atoms with Crippen molar-refractivity contribution >= 4 is 33.2 Å². The maximum atomic E-state index is 12.3. The maximum Gasteiger partial charge on any atom is 0.244 e. The molecule has 0 aliphatic carbocycles. The third-order valence-electron chi connectivity index (χ3n) is 2.72. The molecule has 0 aromatic heterocycles. The number of sulfonamides is 1. The Labute approximate surface area is 110 Å². The van der Waals surface area contributed by atoms with Crippen LogP contribution in [0.15, 0.2) is 23.1 Å². The molecule has 2 rings (SSSR count). The molecule has 94 valence electrons. The van der Waals surface area contributed by atoms with E-state index in [1.54, 1.807) is 12.1 Å². The Morgan fingerprint density at radius 3 is 2.65 bits per heavy atom. The summed E-state index contributed by atoms with van der Waals surface area (Å²) in [4.78, 5) is 0.0424. The first-order chi connectivity index (χ1) is 7.93. The van der Waals surface area contributed by atoms with Crippen molar-refractivity contribution in [3.63, 3.8) is 0 Å². The highest BCUT2D eigenvalue weighted by atomic mass is 35.5. The first-order valence-corrected chi connectivity index (χ1v) is 7.32. The molecule has 0 unspecified atom stereocenters. The van der Waals surface area contributed by atoms with Gasteiger partial charge in [0.25, 0.3) is 0 Å². The number of hydrogen-bond acceptors (Lipinski definition) is 3. The van der Waals surface area contributed by atoms with Crippen molar-refractivity contribution in [2.75, 3.05) is 13.1 Å². The van der Waals surface area contributed by atoms with Crippen LogP contribution >= 0.6 is 23.2 Å². The number of rotatable bonds is 2. The fourth-order valence-electron chi connectivity index (χ4n) is 1.79. The lowest BCUT2D eigenvalue weighted by Crippen LogP contribution is -2.32. The Kier molecular flexibility index (Phi) is 3.66. The van der Waals surface area contributed by atoms with E-state index in [9.17, 15) is 8.42 Å². The van der Waals surface area contributed by atoms with Gasteiger partial charge in [0.05, 0.1) is 10.0 Å². The molecule has 1 aromatic rings. The summed E-state index contributed by atoms with van der Waals surface area (Å²) in [6, 6.07) is 4.46. The zero-order valence-corrected chi connectivity index (χ0v) is 11.3. The van der Waals surface area contributed by atoms with Gasteiger partial charge in [0.15, 0.2) is 0 Å². The minimum Gasteiger partial charge on any atom is -0.326 e. The van der Waals surface area contributed by atoms with Crippen LogP contribution in [-0.2, 0) is 10.0 Å². The van der Waals surface area contributed by atoms with Crippen LogP contribution in [0.1, 0.15) is 6.42 Å². The van der Waals surface area contributed by atoms with E-state index in [0.29, 0.717) is 19.5 Å². The molecule has 0 amide bonds. The highest BCUT2D eigenvalue weighted by Crippen LogP contribution is 2.31. The van der Waals surface area contributed by atoms with E-state index in [-0.39, 0.29) is 21.0 Å². The van der Waals surface area contributed by atoms with Gasteiger partial charge in [-0.05, 0) is 18.6 Å². The van der Waals surface area contributed by atoms with E-state index >= 15 is 0 Å². The highest BCUT2D eigenvalue weighted by molar-refractivity contribution is 7.89. The van der Waals surface area contributed by atoms with E-state index in [1.165, 1.54) is 10.4 Å². The molecule has 0 saturated carbocycles. The summed E-state index contributed by atoms with van der Waals surface area (Å²) >= 11 is 11.7. The molecule has 0 bridgehead atoms. The lowest BCUT2D eigenvalue weighted by molar-refractivity contribution is 0.472. The van der Waals surface area contributed by atoms with Gasteiger partial charge in [-0.2, -0.15) is 4.31 Å². The molecule has 1 atom stereocenters. The molecule has 2 N–H and O–H groups in total. The Bertz CT molecular complexity index is 533. The summed E-state index contributed by atoms with van der Waals surface area (Å²) in [6.45, 7) is 0.748. The van der Waals surface area contributed by atoms with Gasteiger partial charge in [-0.1, -0.05) is 29.3 Å². The molecule has 4 nitrogen and oxygen atoms in total. The number of hydrogen-bond donors (Lipinski definition) is 1. The lowest BCUT2D eigenvalue weighted by Gasteiger charge is -2.17. The van der Waals surface area contributed by atoms with Crippen LogP contribution in [-0.4, -0.2) is 31.9 Å². The minimum absolute atomic E-state index is 0.0424. The van der Waals surface area contributed by atoms with E-state index < -0.39 is 10.0 Å². The molecule has 17 heavy (non-hydrogen) atoms. The highest BCUT2D eigenvalue weighted by Gasteiger charge is 2.32. The molecule has 1 aliphatic heterocycles. The van der Waals surface area contributed by atoms with Crippen molar-refractivity contribution in [2.24, 2.45) is 5.73 Å². The molecule has 7 heteroatoms. The van der Waals surface area contributed by atoms with Gasteiger partial charge in [0, 0.05) is 19.1 Å². The SMILES string of the molecule is N[C@@H]1CCN(S(=O)(=O)c2cccc(Cl)c2Cl)C1. The summed E-state index contributed by atoms with van der Waals surface area (Å²) < 4.78 is 25.9. The fraction of sp³-hybridized carbons (Fsp3) is 0.400. The van der Waals surface area contributed by atoms with Gasteiger partial charge < -0.3 is 5.73 Å². The summed E-state index contributed by atoms with van der Waals surface area (Å²) in [5.41, 5.74) is 5.70. The second-order valence-electron chi connectivity index (χ2n) is 3.96. The first-order valence-electron chi connectivity index (χ1n) is 5.12. The Morgan fingerprint density at radius 1 is 1.35 bits per heavy atom. The summed E-state index contributed by atoms with van der Waals surface area (Å²) in [5.74, 6) is 0. The van der Waals surface area contributed by atoms with Crippen LogP contribution < -0.4 is 5.73 Å². The fourth-order valence-corrected chi connectivity index (χ4v) is 4.04. The molecule has 1 aromatic carbocycles. The molecule has 1 heterocycles. The predicted molar refractivity (Wildman–Crippen MR) is 67.8 cm³/mol. The Morgan fingerprint density at radius 2 is 2.06 bits per heavy atom. The summed E-state index contributed by atoms with van der Waals surface area (Å²) in [5, 5.41) is 0.297. The summed E-state index contributed by atoms with van der Waals surface area (Å²) in [7, 11) is -3.59. The van der Waals surface area contributed by atoms with Crippen molar-refractivity contribution in [3.8, 4) is 0 Å². The number of benzene rings is 1. The van der Waals surface area contributed by atoms with E-state index in [4.69, 9.17) is 28.9 Å². The van der Waals surface area contributed by atoms with Crippen molar-refractivity contribution in [1.29, 1.82) is 0 Å². The van der Waals surface area contributed by atoms with Crippen LogP contribution in [0.2, 0.25) is 10.0 Å². The van der Waals surface area contributed by atoms with Crippen molar-refractivity contribution in [3.05, 3.63) is 28.2 Å². The number of nitrogens with two attached hydrogens (primary N) is 1. The predicted octanol–water partition coefficient (Wildman–Crippen LogP) is 1.72. The van der Waals surface area contributed by atoms with Crippen molar-refractivity contribution in [2.45, 2.75) is 17.4 Å². The third-order valence-corrected chi connectivity index (χ3v) is 5.56. The molecule has 0 spiro atoms. The van der Waals surface area contributed by atoms with Gasteiger partial charge in [0.2, 0.25) is 10.0 Å². The average Bonchev–Trinajstić information content (AvgIpc) is 2.69. The van der Waals surface area contributed by atoms with Crippen molar-refractivity contribution < 1.29 is 8.42 Å². The molecular formula is C10H12Cl2N2O2S. The van der Waals surface area contributed by atoms with Gasteiger partial charge >= 0.3 is 0 Å². The van der Waals surface area contributed by atoms with Crippen LogP contribution in [0.5, 0.6) is 0 Å². The van der Waals surface area contributed by atoms with Crippen LogP contribution in [0.25, 0.3) is 0 Å². The summed E-state index contributed by atoms with van der Waals surface area (Å²) in [6.07, 6.45) is 0.664. The van der Waals surface area contributed by atoms with Crippen LogP contribution in [0.3, 0.4) is 0 Å². The first kappa shape index (κ1) is 13.1. The van der Waals surface area contributed by atoms with E-state index in [0.717, 1.165) is 0 Å². The molecule has 1 aliphatic rings. The topological polar surface area (TPSA) is 63.4 Å². The minimum atomic E-state index is -3.59. The van der Waals surface area contributed by atoms with Gasteiger partial charge in [-0.15, -0.1) is 0 Å². The van der Waals surface area contributed by atoms with Gasteiger partial charge in [-0.3, -0.25) is 0 Å². The monoisotopic (exact) mass is 294 g/mol. The largest absolute Gasteiger partial charge is 0.326 e. The molecular weight excluding hydrogens is 283 g/mol. The zero-order chi connectivity index (χ0) is 12.6. The normalized spacial score (nSPS) is 21.9. The third kappa shape index (κ3) is 2.44.